The minimum absolute atomic E-state index is 0.0985. The highest BCUT2D eigenvalue weighted by Crippen LogP contribution is 2.12. The third kappa shape index (κ3) is 6.66. The van der Waals surface area contributed by atoms with Crippen LogP contribution < -0.4 is 5.73 Å². The average molecular weight is 301 g/mol. The summed E-state index contributed by atoms with van der Waals surface area (Å²) in [5, 5.41) is 0. The number of hydrogen-bond acceptors (Lipinski definition) is 3. The van der Waals surface area contributed by atoms with Gasteiger partial charge in [-0.3, -0.25) is 4.79 Å². The minimum Gasteiger partial charge on any atom is -0.393 e. The second kappa shape index (κ2) is 11.0. The van der Waals surface area contributed by atoms with Crippen molar-refractivity contribution >= 4 is 23.1 Å². The van der Waals surface area contributed by atoms with Gasteiger partial charge in [0.2, 0.25) is 5.91 Å². The van der Waals surface area contributed by atoms with Crippen LogP contribution in [-0.4, -0.2) is 53.4 Å². The molecule has 0 aromatic carbocycles. The van der Waals surface area contributed by atoms with Crippen molar-refractivity contribution < 1.29 is 4.79 Å². The van der Waals surface area contributed by atoms with Crippen LogP contribution >= 0.6 is 12.2 Å². The lowest BCUT2D eigenvalue weighted by molar-refractivity contribution is -0.133. The molecule has 5 heteroatoms. The number of nitrogens with two attached hydrogens (primary N) is 1. The summed E-state index contributed by atoms with van der Waals surface area (Å²) in [6.07, 6.45) is 2.67. The molecule has 118 valence electrons. The quantitative estimate of drug-likeness (QED) is 0.595. The average Bonchev–Trinajstić information content (AvgIpc) is 2.44. The van der Waals surface area contributed by atoms with E-state index in [1.54, 1.807) is 0 Å². The van der Waals surface area contributed by atoms with Crippen molar-refractivity contribution in [3.63, 3.8) is 0 Å². The number of thiocarbonyl (C=S) groups is 1. The Morgan fingerprint density at radius 3 is 2.10 bits per heavy atom. The largest absolute Gasteiger partial charge is 0.393 e. The van der Waals surface area contributed by atoms with Gasteiger partial charge < -0.3 is 15.5 Å². The van der Waals surface area contributed by atoms with Gasteiger partial charge in [0.05, 0.1) is 10.9 Å². The molecule has 0 rings (SSSR count). The highest BCUT2D eigenvalue weighted by Gasteiger charge is 2.24. The lowest BCUT2D eigenvalue weighted by Gasteiger charge is -2.27. The fourth-order valence-electron chi connectivity index (χ4n) is 2.35. The van der Waals surface area contributed by atoms with Crippen molar-refractivity contribution in [2.75, 3.05) is 32.7 Å². The molecule has 0 aromatic heterocycles. The van der Waals surface area contributed by atoms with E-state index in [0.29, 0.717) is 4.99 Å². The Hall–Kier alpha value is -0.680. The van der Waals surface area contributed by atoms with E-state index in [9.17, 15) is 4.79 Å². The van der Waals surface area contributed by atoms with E-state index in [-0.39, 0.29) is 11.8 Å². The molecule has 0 heterocycles. The van der Waals surface area contributed by atoms with Crippen LogP contribution in [0.3, 0.4) is 0 Å². The summed E-state index contributed by atoms with van der Waals surface area (Å²) in [5.74, 6) is -0.190. The molecule has 0 aromatic rings. The van der Waals surface area contributed by atoms with E-state index >= 15 is 0 Å². The lowest BCUT2D eigenvalue weighted by Crippen LogP contribution is -2.42. The van der Waals surface area contributed by atoms with Gasteiger partial charge in [-0.05, 0) is 39.4 Å². The Labute approximate surface area is 129 Å². The molecule has 0 saturated carbocycles. The van der Waals surface area contributed by atoms with Crippen LogP contribution in [0.2, 0.25) is 0 Å². The topological polar surface area (TPSA) is 49.6 Å². The van der Waals surface area contributed by atoms with Gasteiger partial charge in [0.25, 0.3) is 0 Å². The normalized spacial score (nSPS) is 12.4. The SMILES string of the molecule is CCCC(C(=O)N(CC)CCCN(CC)CC)C(N)=S. The Morgan fingerprint density at radius 2 is 1.70 bits per heavy atom. The summed E-state index contributed by atoms with van der Waals surface area (Å²) in [4.78, 5) is 17.1. The summed E-state index contributed by atoms with van der Waals surface area (Å²) in [7, 11) is 0. The van der Waals surface area contributed by atoms with Gasteiger partial charge in [0, 0.05) is 13.1 Å². The van der Waals surface area contributed by atoms with Crippen molar-refractivity contribution in [1.29, 1.82) is 0 Å². The predicted octanol–water partition coefficient (Wildman–Crippen LogP) is 2.27. The van der Waals surface area contributed by atoms with E-state index in [1.807, 2.05) is 11.8 Å². The first-order valence-electron chi connectivity index (χ1n) is 7.82. The van der Waals surface area contributed by atoms with Crippen molar-refractivity contribution in [3.8, 4) is 0 Å². The molecule has 1 amide bonds. The standard InChI is InChI=1S/C15H31N3OS/c1-5-10-13(14(16)20)15(19)18(8-4)12-9-11-17(6-2)7-3/h13H,5-12H2,1-4H3,(H2,16,20). The summed E-state index contributed by atoms with van der Waals surface area (Å²) in [5.41, 5.74) is 5.71. The Kier molecular flexibility index (Phi) is 10.7. The van der Waals surface area contributed by atoms with Crippen molar-refractivity contribution in [2.45, 2.75) is 47.0 Å². The lowest BCUT2D eigenvalue weighted by atomic mass is 10.0. The van der Waals surface area contributed by atoms with E-state index in [2.05, 4.69) is 25.7 Å². The van der Waals surface area contributed by atoms with Crippen LogP contribution in [-0.2, 0) is 4.79 Å². The smallest absolute Gasteiger partial charge is 0.232 e. The molecule has 0 radical (unpaired) electrons. The first-order valence-corrected chi connectivity index (χ1v) is 8.22. The van der Waals surface area contributed by atoms with Crippen LogP contribution in [0.4, 0.5) is 0 Å². The third-order valence-corrected chi connectivity index (χ3v) is 3.99. The Balaban J connectivity index is 4.42. The van der Waals surface area contributed by atoms with E-state index in [0.717, 1.165) is 52.0 Å². The van der Waals surface area contributed by atoms with Gasteiger partial charge >= 0.3 is 0 Å². The van der Waals surface area contributed by atoms with Crippen LogP contribution in [0.1, 0.15) is 47.0 Å². The molecule has 0 bridgehead atoms. The molecule has 4 nitrogen and oxygen atoms in total. The second-order valence-corrected chi connectivity index (χ2v) is 5.51. The molecular formula is C15H31N3OS. The van der Waals surface area contributed by atoms with Crippen molar-refractivity contribution in [2.24, 2.45) is 11.7 Å². The fraction of sp³-hybridized carbons (Fsp3) is 0.867. The van der Waals surface area contributed by atoms with Gasteiger partial charge in [-0.1, -0.05) is 39.4 Å². The van der Waals surface area contributed by atoms with E-state index < -0.39 is 0 Å². The van der Waals surface area contributed by atoms with Gasteiger partial charge in [-0.25, -0.2) is 0 Å². The van der Waals surface area contributed by atoms with Gasteiger partial charge in [-0.15, -0.1) is 0 Å². The Morgan fingerprint density at radius 1 is 1.10 bits per heavy atom. The van der Waals surface area contributed by atoms with Gasteiger partial charge in [-0.2, -0.15) is 0 Å². The zero-order valence-corrected chi connectivity index (χ0v) is 14.3. The molecule has 20 heavy (non-hydrogen) atoms. The fourth-order valence-corrected chi connectivity index (χ4v) is 2.56. The third-order valence-electron chi connectivity index (χ3n) is 3.71. The molecular weight excluding hydrogens is 270 g/mol. The molecule has 1 atom stereocenters. The van der Waals surface area contributed by atoms with Crippen molar-refractivity contribution in [1.82, 2.24) is 9.80 Å². The first kappa shape index (κ1) is 19.3. The molecule has 1 unspecified atom stereocenters. The summed E-state index contributed by atoms with van der Waals surface area (Å²) in [6, 6.07) is 0. The van der Waals surface area contributed by atoms with E-state index in [1.165, 1.54) is 0 Å². The van der Waals surface area contributed by atoms with Crippen LogP contribution in [0, 0.1) is 5.92 Å². The zero-order chi connectivity index (χ0) is 15.5. The summed E-state index contributed by atoms with van der Waals surface area (Å²) < 4.78 is 0. The molecule has 0 aliphatic rings. The maximum Gasteiger partial charge on any atom is 0.232 e. The summed E-state index contributed by atoms with van der Waals surface area (Å²) >= 11 is 5.04. The number of carbonyl (C=O) groups is 1. The monoisotopic (exact) mass is 301 g/mol. The van der Waals surface area contributed by atoms with E-state index in [4.69, 9.17) is 18.0 Å². The highest BCUT2D eigenvalue weighted by atomic mass is 32.1. The van der Waals surface area contributed by atoms with Crippen LogP contribution in [0.15, 0.2) is 0 Å². The molecule has 0 aliphatic carbocycles. The molecule has 0 saturated heterocycles. The zero-order valence-electron chi connectivity index (χ0n) is 13.5. The molecule has 0 spiro atoms. The highest BCUT2D eigenvalue weighted by molar-refractivity contribution is 7.80. The van der Waals surface area contributed by atoms with Crippen molar-refractivity contribution in [3.05, 3.63) is 0 Å². The number of hydrogen-bond donors (Lipinski definition) is 1. The van der Waals surface area contributed by atoms with Crippen LogP contribution in [0.5, 0.6) is 0 Å². The molecule has 2 N–H and O–H groups in total. The number of amides is 1. The summed E-state index contributed by atoms with van der Waals surface area (Å²) in [6.45, 7) is 13.0. The van der Waals surface area contributed by atoms with Gasteiger partial charge in [0.15, 0.2) is 0 Å². The second-order valence-electron chi connectivity index (χ2n) is 5.04. The maximum atomic E-state index is 12.5. The first-order chi connectivity index (χ1) is 9.51. The van der Waals surface area contributed by atoms with Crippen LogP contribution in [0.25, 0.3) is 0 Å². The maximum absolute atomic E-state index is 12.5. The molecule has 0 fully saturated rings. The number of rotatable bonds is 11. The number of nitrogens with zero attached hydrogens (tertiary/aromatic N) is 2. The number of carbonyl (C=O) groups excluding carboxylic acids is 1. The van der Waals surface area contributed by atoms with Gasteiger partial charge in [0.1, 0.15) is 0 Å². The molecule has 0 aliphatic heterocycles. The predicted molar refractivity (Wildman–Crippen MR) is 89.8 cm³/mol. The Bertz CT molecular complexity index is 293. The minimum atomic E-state index is -0.289.